The molecule has 0 radical (unpaired) electrons. The van der Waals surface area contributed by atoms with E-state index in [-0.39, 0.29) is 12.5 Å². The van der Waals surface area contributed by atoms with Gasteiger partial charge in [-0.05, 0) is 83.5 Å². The van der Waals surface area contributed by atoms with Gasteiger partial charge in [-0.1, -0.05) is 264 Å². The fourth-order valence-corrected chi connectivity index (χ4v) is 7.66. The van der Waals surface area contributed by atoms with E-state index in [4.69, 9.17) is 0 Å². The van der Waals surface area contributed by atoms with Crippen LogP contribution in [0.1, 0.15) is 245 Å². The number of carbonyl (C=O) groups is 1. The molecule has 3 N–H and O–H groups in total. The molecule has 0 aliphatic heterocycles. The van der Waals surface area contributed by atoms with Crippen LogP contribution >= 0.6 is 0 Å². The molecule has 0 bridgehead atoms. The number of nitrogens with one attached hydrogen (secondary N) is 1. The summed E-state index contributed by atoms with van der Waals surface area (Å²) < 4.78 is 0. The molecule has 0 saturated carbocycles. The van der Waals surface area contributed by atoms with Crippen molar-refractivity contribution >= 4 is 5.91 Å². The molecule has 0 aromatic heterocycles. The Bertz CT molecular complexity index is 1230. The molecule has 0 fully saturated rings. The fourth-order valence-electron chi connectivity index (χ4n) is 7.66. The van der Waals surface area contributed by atoms with Crippen molar-refractivity contribution in [1.29, 1.82) is 0 Å². The van der Waals surface area contributed by atoms with Crippen LogP contribution in [0.2, 0.25) is 0 Å². The average molecular weight is 886 g/mol. The van der Waals surface area contributed by atoms with E-state index in [0.29, 0.717) is 6.42 Å². The van der Waals surface area contributed by atoms with Gasteiger partial charge in [-0.25, -0.2) is 0 Å². The zero-order chi connectivity index (χ0) is 46.3. The van der Waals surface area contributed by atoms with Gasteiger partial charge < -0.3 is 15.5 Å². The molecule has 0 saturated heterocycles. The largest absolute Gasteiger partial charge is 0.394 e. The molecule has 0 spiro atoms. The molecule has 0 aliphatic carbocycles. The number of amides is 1. The quantitative estimate of drug-likeness (QED) is 0.0421. The fraction of sp³-hybridized carbons (Fsp3) is 0.683. The minimum atomic E-state index is -0.859. The second-order valence-electron chi connectivity index (χ2n) is 17.9. The molecule has 4 nitrogen and oxygen atoms in total. The Hall–Kier alpha value is -2.95. The van der Waals surface area contributed by atoms with Crippen LogP contribution in [0.15, 0.2) is 109 Å². The van der Waals surface area contributed by atoms with Crippen molar-refractivity contribution in [2.45, 2.75) is 257 Å². The number of unbranched alkanes of at least 4 members (excludes halogenated alkanes) is 25. The van der Waals surface area contributed by atoms with Crippen LogP contribution < -0.4 is 5.32 Å². The normalized spacial score (nSPS) is 13.8. The van der Waals surface area contributed by atoms with E-state index >= 15 is 0 Å². The summed E-state index contributed by atoms with van der Waals surface area (Å²) in [6.07, 6.45) is 82.3. The molecule has 0 heterocycles. The van der Waals surface area contributed by atoms with Crippen molar-refractivity contribution < 1.29 is 15.0 Å². The summed E-state index contributed by atoms with van der Waals surface area (Å²) in [6.45, 7) is 4.19. The first-order valence-electron chi connectivity index (χ1n) is 27.1. The van der Waals surface area contributed by atoms with E-state index in [2.05, 4.69) is 116 Å². The molecule has 1 amide bonds. The van der Waals surface area contributed by atoms with E-state index in [1.54, 1.807) is 6.08 Å². The van der Waals surface area contributed by atoms with Gasteiger partial charge in [-0.2, -0.15) is 0 Å². The summed E-state index contributed by atoms with van der Waals surface area (Å²) in [4.78, 5) is 12.5. The summed E-state index contributed by atoms with van der Waals surface area (Å²) >= 11 is 0. The van der Waals surface area contributed by atoms with E-state index in [1.807, 2.05) is 6.08 Å². The highest BCUT2D eigenvalue weighted by molar-refractivity contribution is 5.76. The van der Waals surface area contributed by atoms with Crippen molar-refractivity contribution in [1.82, 2.24) is 5.32 Å². The third-order valence-corrected chi connectivity index (χ3v) is 11.8. The van der Waals surface area contributed by atoms with Crippen molar-refractivity contribution in [3.05, 3.63) is 109 Å². The first-order chi connectivity index (χ1) is 31.7. The zero-order valence-corrected chi connectivity index (χ0v) is 42.0. The van der Waals surface area contributed by atoms with Gasteiger partial charge in [0.15, 0.2) is 0 Å². The Morgan fingerprint density at radius 3 is 1.03 bits per heavy atom. The van der Waals surface area contributed by atoms with Crippen LogP contribution in [0.4, 0.5) is 0 Å². The molecule has 2 unspecified atom stereocenters. The smallest absolute Gasteiger partial charge is 0.220 e. The maximum absolute atomic E-state index is 12.5. The van der Waals surface area contributed by atoms with Crippen LogP contribution in [-0.2, 0) is 4.79 Å². The molecule has 64 heavy (non-hydrogen) atoms. The van der Waals surface area contributed by atoms with Gasteiger partial charge in [0.25, 0.3) is 0 Å². The summed E-state index contributed by atoms with van der Waals surface area (Å²) in [5, 5.41) is 23.1. The van der Waals surface area contributed by atoms with E-state index < -0.39 is 12.1 Å². The minimum absolute atomic E-state index is 0.0912. The van der Waals surface area contributed by atoms with E-state index in [0.717, 1.165) is 96.3 Å². The highest BCUT2D eigenvalue weighted by atomic mass is 16.3. The first kappa shape index (κ1) is 61.0. The summed E-state index contributed by atoms with van der Waals surface area (Å²) in [5.74, 6) is -0.0912. The molecular weight excluding hydrogens is 783 g/mol. The second-order valence-corrected chi connectivity index (χ2v) is 17.9. The van der Waals surface area contributed by atoms with Gasteiger partial charge in [-0.15, -0.1) is 0 Å². The Balaban J connectivity index is 3.65. The Labute approximate surface area is 397 Å². The van der Waals surface area contributed by atoms with Gasteiger partial charge in [-0.3, -0.25) is 4.79 Å². The molecule has 366 valence electrons. The van der Waals surface area contributed by atoms with Crippen molar-refractivity contribution in [3.63, 3.8) is 0 Å². The predicted molar refractivity (Wildman–Crippen MR) is 285 cm³/mol. The number of hydrogen-bond donors (Lipinski definition) is 3. The Morgan fingerprint density at radius 2 is 0.688 bits per heavy atom. The van der Waals surface area contributed by atoms with Gasteiger partial charge in [0.2, 0.25) is 5.91 Å². The topological polar surface area (TPSA) is 69.6 Å². The van der Waals surface area contributed by atoms with Crippen molar-refractivity contribution in [2.24, 2.45) is 0 Å². The maximum atomic E-state index is 12.5. The van der Waals surface area contributed by atoms with E-state index in [1.165, 1.54) is 128 Å². The number of aliphatic hydroxyl groups excluding tert-OH is 2. The highest BCUT2D eigenvalue weighted by Crippen LogP contribution is 2.16. The average Bonchev–Trinajstić information content (AvgIpc) is 3.30. The Morgan fingerprint density at radius 1 is 0.391 bits per heavy atom. The van der Waals surface area contributed by atoms with Crippen LogP contribution in [0.5, 0.6) is 0 Å². The maximum Gasteiger partial charge on any atom is 0.220 e. The number of hydrogen-bond acceptors (Lipinski definition) is 3. The first-order valence-corrected chi connectivity index (χ1v) is 27.1. The third-order valence-electron chi connectivity index (χ3n) is 11.8. The number of carbonyl (C=O) groups excluding carboxylic acids is 1. The number of rotatable bonds is 48. The summed E-state index contributed by atoms with van der Waals surface area (Å²) in [6, 6.07) is -0.645. The van der Waals surface area contributed by atoms with Crippen LogP contribution in [-0.4, -0.2) is 34.9 Å². The monoisotopic (exact) mass is 886 g/mol. The lowest BCUT2D eigenvalue weighted by atomic mass is 10.0. The van der Waals surface area contributed by atoms with Crippen LogP contribution in [0.3, 0.4) is 0 Å². The molecule has 2 atom stereocenters. The van der Waals surface area contributed by atoms with Gasteiger partial charge in [0.05, 0.1) is 18.8 Å². The minimum Gasteiger partial charge on any atom is -0.394 e. The highest BCUT2D eigenvalue weighted by Gasteiger charge is 2.18. The summed E-state index contributed by atoms with van der Waals surface area (Å²) in [5.41, 5.74) is 0. The number of aliphatic hydroxyl groups is 2. The standard InChI is InChI=1S/C60H103NO3/c1-3-5-7-9-11-13-15-17-19-21-23-25-27-28-29-30-31-32-34-36-38-40-42-44-46-48-50-52-54-56-60(64)61-58(57-62)59(63)55-53-51-49-47-45-43-41-39-37-35-33-26-24-22-20-18-16-14-12-10-8-6-4-2/h5,7,11,13,17,19,23,25,28-29,31-32,36,38,42,44,53,55,58-59,62-63H,3-4,6,8-10,12,14-16,18,20-22,24,26-27,30,33-35,37,39-41,43,45-52,54,56-57H2,1-2H3,(H,61,64)/b7-5-,13-11-,19-17-,25-23-,29-28-,32-31-,38-36-,44-42-,55-53+. The van der Waals surface area contributed by atoms with Crippen molar-refractivity contribution in [3.8, 4) is 0 Å². The third kappa shape index (κ3) is 50.1. The van der Waals surface area contributed by atoms with Gasteiger partial charge >= 0.3 is 0 Å². The summed E-state index contributed by atoms with van der Waals surface area (Å²) in [7, 11) is 0. The second kappa shape index (κ2) is 54.4. The lowest BCUT2D eigenvalue weighted by Gasteiger charge is -2.20. The molecule has 4 heteroatoms. The lowest BCUT2D eigenvalue weighted by Crippen LogP contribution is -2.45. The molecule has 0 rings (SSSR count). The molecular formula is C60H103NO3. The zero-order valence-electron chi connectivity index (χ0n) is 42.0. The predicted octanol–water partition coefficient (Wildman–Crippen LogP) is 17.9. The number of allylic oxidation sites excluding steroid dienone is 17. The molecule has 0 aromatic carbocycles. The molecule has 0 aromatic rings. The van der Waals surface area contributed by atoms with E-state index in [9.17, 15) is 15.0 Å². The SMILES string of the molecule is CC/C=C\C/C=C\C/C=C\C/C=C\C/C=C\C/C=C\C/C=C\C/C=C\CCCCCCC(=O)NC(CO)C(O)/C=C/CCCCCCCCCCCCCCCCCCCCCCC. The Kier molecular flexibility index (Phi) is 51.9. The van der Waals surface area contributed by atoms with Crippen molar-refractivity contribution in [2.75, 3.05) is 6.61 Å². The van der Waals surface area contributed by atoms with Gasteiger partial charge in [0.1, 0.15) is 0 Å². The molecule has 0 aliphatic rings. The lowest BCUT2D eigenvalue weighted by molar-refractivity contribution is -0.123. The van der Waals surface area contributed by atoms with Crippen LogP contribution in [0, 0.1) is 0 Å². The van der Waals surface area contributed by atoms with Crippen LogP contribution in [0.25, 0.3) is 0 Å². The van der Waals surface area contributed by atoms with Gasteiger partial charge in [0, 0.05) is 6.42 Å².